The van der Waals surface area contributed by atoms with E-state index in [1.54, 1.807) is 6.33 Å². The molecule has 1 N–H and O–H groups in total. The highest BCUT2D eigenvalue weighted by Gasteiger charge is 2.44. The van der Waals surface area contributed by atoms with Crippen LogP contribution in [0.3, 0.4) is 0 Å². The summed E-state index contributed by atoms with van der Waals surface area (Å²) in [5, 5.41) is 4.39. The molecule has 0 aromatic carbocycles. The third-order valence-corrected chi connectivity index (χ3v) is 7.36. The van der Waals surface area contributed by atoms with Crippen LogP contribution in [0, 0.1) is 11.8 Å². The molecule has 1 saturated heterocycles. The van der Waals surface area contributed by atoms with Crippen LogP contribution in [-0.4, -0.2) is 68.1 Å². The molecule has 4 heterocycles. The maximum absolute atomic E-state index is 12.7. The Morgan fingerprint density at radius 1 is 1.28 bits per heavy atom. The minimum Gasteiger partial charge on any atom is -0.466 e. The zero-order valence-corrected chi connectivity index (χ0v) is 19.5. The Balaban J connectivity index is 1.24. The fraction of sp³-hybridized carbons (Fsp3) is 0.571. The Morgan fingerprint density at radius 2 is 2.03 bits per heavy atom. The van der Waals surface area contributed by atoms with Crippen molar-refractivity contribution in [3.05, 3.63) is 18.6 Å². The van der Waals surface area contributed by atoms with E-state index in [-0.39, 0.29) is 12.0 Å². The van der Waals surface area contributed by atoms with E-state index in [0.717, 1.165) is 54.3 Å². The van der Waals surface area contributed by atoms with Crippen LogP contribution in [0.15, 0.2) is 18.6 Å². The average molecular weight is 457 g/mol. The van der Waals surface area contributed by atoms with Crippen molar-refractivity contribution in [1.82, 2.24) is 28.8 Å². The van der Waals surface area contributed by atoms with E-state index in [4.69, 9.17) is 4.74 Å². The van der Waals surface area contributed by atoms with Gasteiger partial charge >= 0.3 is 12.0 Å². The van der Waals surface area contributed by atoms with Gasteiger partial charge in [-0.25, -0.2) is 14.8 Å². The van der Waals surface area contributed by atoms with E-state index in [1.165, 1.54) is 7.11 Å². The first-order valence-corrected chi connectivity index (χ1v) is 11.7. The summed E-state index contributed by atoms with van der Waals surface area (Å²) in [6.45, 7) is 5.85. The van der Waals surface area contributed by atoms with Gasteiger partial charge in [0.25, 0.3) is 0 Å². The molecule has 1 saturated carbocycles. The molecule has 3 atom stereocenters. The molecule has 3 aromatic heterocycles. The Bertz CT molecular complexity index is 1110. The Hall–Kier alpha value is -2.95. The topological polar surface area (TPSA) is 101 Å². The SMILES string of the molecule is COc1nsc(NC(=O)N2CC3C[C@@H](N(C)c4ncnc5c4ccn5C(C)C)C[C@@H]3C2)n1. The van der Waals surface area contributed by atoms with E-state index in [0.29, 0.717) is 29.1 Å². The molecule has 1 unspecified atom stereocenters. The second-order valence-electron chi connectivity index (χ2n) is 8.93. The molecule has 5 rings (SSSR count). The summed E-state index contributed by atoms with van der Waals surface area (Å²) in [6.07, 6.45) is 5.86. The van der Waals surface area contributed by atoms with Gasteiger partial charge in [-0.1, -0.05) is 0 Å². The zero-order valence-electron chi connectivity index (χ0n) is 18.7. The van der Waals surface area contributed by atoms with Crippen molar-refractivity contribution >= 4 is 39.5 Å². The highest BCUT2D eigenvalue weighted by Crippen LogP contribution is 2.41. The number of rotatable bonds is 5. The van der Waals surface area contributed by atoms with Crippen molar-refractivity contribution in [3.8, 4) is 6.01 Å². The summed E-state index contributed by atoms with van der Waals surface area (Å²) in [5.41, 5.74) is 0.978. The van der Waals surface area contributed by atoms with E-state index in [1.807, 2.05) is 4.90 Å². The van der Waals surface area contributed by atoms with Gasteiger partial charge in [0, 0.05) is 50.0 Å². The summed E-state index contributed by atoms with van der Waals surface area (Å²) in [5.74, 6) is 1.98. The molecule has 0 radical (unpaired) electrons. The van der Waals surface area contributed by atoms with Crippen LogP contribution >= 0.6 is 11.5 Å². The van der Waals surface area contributed by atoms with Crippen LogP contribution in [0.4, 0.5) is 15.7 Å². The fourth-order valence-electron chi connectivity index (χ4n) is 5.09. The molecule has 11 heteroatoms. The van der Waals surface area contributed by atoms with Gasteiger partial charge in [0.15, 0.2) is 0 Å². The smallest absolute Gasteiger partial charge is 0.329 e. The molecule has 32 heavy (non-hydrogen) atoms. The molecule has 2 amide bonds. The number of likely N-dealkylation sites (tertiary alicyclic amines) is 1. The number of ether oxygens (including phenoxy) is 1. The third-order valence-electron chi connectivity index (χ3n) is 6.74. The lowest BCUT2D eigenvalue weighted by atomic mass is 10.0. The van der Waals surface area contributed by atoms with Crippen LogP contribution in [-0.2, 0) is 0 Å². The van der Waals surface area contributed by atoms with Gasteiger partial charge in [0.05, 0.1) is 12.5 Å². The van der Waals surface area contributed by atoms with Gasteiger partial charge in [-0.2, -0.15) is 4.98 Å². The molecule has 2 aliphatic rings. The van der Waals surface area contributed by atoms with E-state index in [9.17, 15) is 4.79 Å². The summed E-state index contributed by atoms with van der Waals surface area (Å²) in [4.78, 5) is 30.1. The standard InChI is InChI=1S/C21H28N8O2S/c1-12(2)29-6-5-16-17(22-11-23-18(16)29)27(3)15-7-13-9-28(10-14(13)8-15)21(30)25-20-24-19(31-4)26-32-20/h5-6,11-15H,7-10H2,1-4H3,(H,24,25,26,30)/t13-,14?,15+/m1/s1. The molecule has 0 spiro atoms. The number of methoxy groups -OCH3 is 1. The lowest BCUT2D eigenvalue weighted by Gasteiger charge is -2.28. The number of amides is 2. The fourth-order valence-corrected chi connectivity index (χ4v) is 5.62. The van der Waals surface area contributed by atoms with Gasteiger partial charge in [0.2, 0.25) is 5.13 Å². The predicted octanol–water partition coefficient (Wildman–Crippen LogP) is 3.25. The number of hydrogen-bond donors (Lipinski definition) is 1. The lowest BCUT2D eigenvalue weighted by molar-refractivity contribution is 0.218. The highest BCUT2D eigenvalue weighted by molar-refractivity contribution is 7.10. The molecule has 0 bridgehead atoms. The quantitative estimate of drug-likeness (QED) is 0.629. The van der Waals surface area contributed by atoms with E-state index >= 15 is 0 Å². The predicted molar refractivity (Wildman–Crippen MR) is 123 cm³/mol. The first kappa shape index (κ1) is 20.9. The van der Waals surface area contributed by atoms with Gasteiger partial charge in [-0.15, -0.1) is 4.37 Å². The van der Waals surface area contributed by atoms with Crippen LogP contribution in [0.2, 0.25) is 0 Å². The summed E-state index contributed by atoms with van der Waals surface area (Å²) in [7, 11) is 3.64. The number of fused-ring (bicyclic) bond motifs is 2. The number of nitrogens with one attached hydrogen (secondary N) is 1. The van der Waals surface area contributed by atoms with Crippen molar-refractivity contribution in [1.29, 1.82) is 0 Å². The number of hydrogen-bond acceptors (Lipinski definition) is 8. The zero-order chi connectivity index (χ0) is 22.4. The van der Waals surface area contributed by atoms with Crippen molar-refractivity contribution in [2.45, 2.75) is 38.8 Å². The normalized spacial score (nSPS) is 22.5. The van der Waals surface area contributed by atoms with Crippen molar-refractivity contribution < 1.29 is 9.53 Å². The van der Waals surface area contributed by atoms with Gasteiger partial charge in [-0.3, -0.25) is 5.32 Å². The summed E-state index contributed by atoms with van der Waals surface area (Å²) in [6, 6.07) is 3.03. The Labute approximate surface area is 190 Å². The van der Waals surface area contributed by atoms with E-state index in [2.05, 4.69) is 67.3 Å². The summed E-state index contributed by atoms with van der Waals surface area (Å²) >= 11 is 1.12. The van der Waals surface area contributed by atoms with Gasteiger partial charge < -0.3 is 19.1 Å². The van der Waals surface area contributed by atoms with Crippen LogP contribution in [0.5, 0.6) is 6.01 Å². The monoisotopic (exact) mass is 456 g/mol. The molecular weight excluding hydrogens is 428 g/mol. The molecule has 10 nitrogen and oxygen atoms in total. The van der Waals surface area contributed by atoms with Crippen LogP contribution in [0.1, 0.15) is 32.7 Å². The molecule has 2 fully saturated rings. The maximum atomic E-state index is 12.7. The Morgan fingerprint density at radius 3 is 2.69 bits per heavy atom. The van der Waals surface area contributed by atoms with Gasteiger partial charge in [0.1, 0.15) is 17.8 Å². The first-order valence-electron chi connectivity index (χ1n) is 10.9. The number of anilines is 2. The lowest BCUT2D eigenvalue weighted by Crippen LogP contribution is -2.36. The third kappa shape index (κ3) is 3.64. The van der Waals surface area contributed by atoms with Crippen molar-refractivity contribution in [2.75, 3.05) is 37.5 Å². The summed E-state index contributed by atoms with van der Waals surface area (Å²) < 4.78 is 11.2. The van der Waals surface area contributed by atoms with Crippen molar-refractivity contribution in [3.63, 3.8) is 0 Å². The number of carbonyl (C=O) groups is 1. The molecular formula is C21H28N8O2S. The van der Waals surface area contributed by atoms with E-state index < -0.39 is 0 Å². The van der Waals surface area contributed by atoms with Crippen LogP contribution < -0.4 is 15.0 Å². The number of aromatic nitrogens is 5. The minimum absolute atomic E-state index is 0.115. The average Bonchev–Trinajstić information content (AvgIpc) is 3.54. The molecule has 170 valence electrons. The maximum Gasteiger partial charge on any atom is 0.329 e. The largest absolute Gasteiger partial charge is 0.466 e. The minimum atomic E-state index is -0.115. The number of urea groups is 1. The Kier molecular flexibility index (Phi) is 5.36. The number of carbonyl (C=O) groups excluding carboxylic acids is 1. The molecule has 1 aliphatic carbocycles. The highest BCUT2D eigenvalue weighted by atomic mass is 32.1. The molecule has 3 aromatic rings. The van der Waals surface area contributed by atoms with Crippen molar-refractivity contribution in [2.24, 2.45) is 11.8 Å². The number of nitrogens with zero attached hydrogens (tertiary/aromatic N) is 7. The van der Waals surface area contributed by atoms with Crippen LogP contribution in [0.25, 0.3) is 11.0 Å². The second-order valence-corrected chi connectivity index (χ2v) is 9.68. The second kappa shape index (κ2) is 8.19. The first-order chi connectivity index (χ1) is 15.4. The molecule has 1 aliphatic heterocycles. The van der Waals surface area contributed by atoms with Gasteiger partial charge in [-0.05, 0) is 44.6 Å².